The zero-order valence-electron chi connectivity index (χ0n) is 9.43. The highest BCUT2D eigenvalue weighted by Gasteiger charge is 2.24. The number of rotatable bonds is 2. The Hall–Kier alpha value is -0.0400. The van der Waals surface area contributed by atoms with Crippen molar-refractivity contribution in [3.05, 3.63) is 0 Å². The summed E-state index contributed by atoms with van der Waals surface area (Å²) in [4.78, 5) is 2.51. The van der Waals surface area contributed by atoms with Crippen molar-refractivity contribution in [2.24, 2.45) is 5.92 Å². The van der Waals surface area contributed by atoms with Crippen LogP contribution in [0.5, 0.6) is 0 Å². The molecule has 1 aliphatic rings. The predicted octanol–water partition coefficient (Wildman–Crippen LogP) is 3.15. The smallest absolute Gasteiger partial charge is 0.0118 e. The van der Waals surface area contributed by atoms with Crippen LogP contribution in [0.25, 0.3) is 0 Å². The fourth-order valence-electron chi connectivity index (χ4n) is 1.93. The molecule has 1 fully saturated rings. The third-order valence-corrected chi connectivity index (χ3v) is 2.88. The highest BCUT2D eigenvalue weighted by Crippen LogP contribution is 2.23. The number of hydrogen-bond acceptors (Lipinski definition) is 1. The van der Waals surface area contributed by atoms with E-state index in [1.807, 2.05) is 13.8 Å². The van der Waals surface area contributed by atoms with E-state index in [2.05, 4.69) is 25.8 Å². The second kappa shape index (κ2) is 6.47. The summed E-state index contributed by atoms with van der Waals surface area (Å²) >= 11 is 0. The molecule has 1 nitrogen and oxygen atoms in total. The molecule has 0 aliphatic carbocycles. The van der Waals surface area contributed by atoms with Crippen molar-refractivity contribution in [2.45, 2.75) is 53.0 Å². The SMILES string of the molecule is CC.CCC(C)C1CCCN1C. The lowest BCUT2D eigenvalue weighted by atomic mass is 9.97. The number of likely N-dealkylation sites (tertiary alicyclic amines) is 1. The Bertz CT molecular complexity index is 101. The standard InChI is InChI=1S/C9H19N.C2H6/c1-4-8(2)9-6-5-7-10(9)3;1-2/h8-9H,4-7H2,1-3H3;1-2H3. The summed E-state index contributed by atoms with van der Waals surface area (Å²) in [7, 11) is 2.25. The first-order chi connectivity index (χ1) is 5.75. The summed E-state index contributed by atoms with van der Waals surface area (Å²) in [6, 6.07) is 0.880. The maximum Gasteiger partial charge on any atom is 0.0118 e. The van der Waals surface area contributed by atoms with E-state index in [0.717, 1.165) is 12.0 Å². The Kier molecular flexibility index (Phi) is 6.45. The van der Waals surface area contributed by atoms with Gasteiger partial charge in [0.15, 0.2) is 0 Å². The fraction of sp³-hybridized carbons (Fsp3) is 1.00. The maximum absolute atomic E-state index is 2.51. The lowest BCUT2D eigenvalue weighted by Gasteiger charge is -2.24. The van der Waals surface area contributed by atoms with Crippen molar-refractivity contribution in [1.29, 1.82) is 0 Å². The molecule has 74 valence electrons. The van der Waals surface area contributed by atoms with Crippen molar-refractivity contribution >= 4 is 0 Å². The van der Waals surface area contributed by atoms with Gasteiger partial charge in [0.25, 0.3) is 0 Å². The molecule has 0 aromatic carbocycles. The molecule has 12 heavy (non-hydrogen) atoms. The van der Waals surface area contributed by atoms with Crippen LogP contribution in [0.15, 0.2) is 0 Å². The normalized spacial score (nSPS) is 26.2. The molecule has 0 spiro atoms. The molecule has 1 heterocycles. The van der Waals surface area contributed by atoms with E-state index in [4.69, 9.17) is 0 Å². The van der Waals surface area contributed by atoms with Crippen LogP contribution in [-0.2, 0) is 0 Å². The minimum atomic E-state index is 0.880. The summed E-state index contributed by atoms with van der Waals surface area (Å²) in [5.74, 6) is 0.896. The van der Waals surface area contributed by atoms with Gasteiger partial charge in [-0.05, 0) is 32.4 Å². The summed E-state index contributed by atoms with van der Waals surface area (Å²) in [5.41, 5.74) is 0. The predicted molar refractivity (Wildman–Crippen MR) is 56.5 cm³/mol. The average Bonchev–Trinajstić information content (AvgIpc) is 2.54. The molecule has 1 rings (SSSR count). The first kappa shape index (κ1) is 12.0. The number of nitrogens with zero attached hydrogens (tertiary/aromatic N) is 1. The molecular formula is C11H25N. The van der Waals surface area contributed by atoms with Crippen LogP contribution in [0, 0.1) is 5.92 Å². The minimum absolute atomic E-state index is 0.880. The summed E-state index contributed by atoms with van der Waals surface area (Å²) < 4.78 is 0. The van der Waals surface area contributed by atoms with Crippen molar-refractivity contribution in [3.8, 4) is 0 Å². The molecule has 0 aromatic heterocycles. The van der Waals surface area contributed by atoms with Gasteiger partial charge >= 0.3 is 0 Å². The van der Waals surface area contributed by atoms with E-state index in [1.54, 1.807) is 0 Å². The van der Waals surface area contributed by atoms with Gasteiger partial charge in [0.05, 0.1) is 0 Å². The topological polar surface area (TPSA) is 3.24 Å². The van der Waals surface area contributed by atoms with Crippen LogP contribution >= 0.6 is 0 Å². The van der Waals surface area contributed by atoms with Crippen LogP contribution in [0.3, 0.4) is 0 Å². The minimum Gasteiger partial charge on any atom is -0.303 e. The molecule has 0 radical (unpaired) electrons. The second-order valence-corrected chi connectivity index (χ2v) is 3.58. The molecule has 1 saturated heterocycles. The van der Waals surface area contributed by atoms with Crippen molar-refractivity contribution in [1.82, 2.24) is 4.90 Å². The zero-order valence-corrected chi connectivity index (χ0v) is 9.43. The average molecular weight is 171 g/mol. The highest BCUT2D eigenvalue weighted by molar-refractivity contribution is 4.79. The molecule has 0 amide bonds. The monoisotopic (exact) mass is 171 g/mol. The van der Waals surface area contributed by atoms with Crippen LogP contribution in [-0.4, -0.2) is 24.5 Å². The first-order valence-corrected chi connectivity index (χ1v) is 5.46. The van der Waals surface area contributed by atoms with E-state index in [0.29, 0.717) is 0 Å². The number of hydrogen-bond donors (Lipinski definition) is 0. The third kappa shape index (κ3) is 3.14. The van der Waals surface area contributed by atoms with E-state index in [-0.39, 0.29) is 0 Å². The van der Waals surface area contributed by atoms with Crippen molar-refractivity contribution < 1.29 is 0 Å². The Morgan fingerprint density at radius 1 is 1.42 bits per heavy atom. The Labute approximate surface area is 78.1 Å². The fourth-order valence-corrected chi connectivity index (χ4v) is 1.93. The second-order valence-electron chi connectivity index (χ2n) is 3.58. The van der Waals surface area contributed by atoms with E-state index >= 15 is 0 Å². The molecule has 0 saturated carbocycles. The highest BCUT2D eigenvalue weighted by atomic mass is 15.1. The lowest BCUT2D eigenvalue weighted by Crippen LogP contribution is -2.30. The van der Waals surface area contributed by atoms with Gasteiger partial charge in [0.2, 0.25) is 0 Å². The van der Waals surface area contributed by atoms with Gasteiger partial charge in [-0.25, -0.2) is 0 Å². The first-order valence-electron chi connectivity index (χ1n) is 5.46. The Balaban J connectivity index is 0.000000561. The molecule has 0 N–H and O–H groups in total. The Morgan fingerprint density at radius 2 is 2.00 bits per heavy atom. The van der Waals surface area contributed by atoms with Gasteiger partial charge in [-0.15, -0.1) is 0 Å². The molecule has 2 unspecified atom stereocenters. The maximum atomic E-state index is 2.51. The largest absolute Gasteiger partial charge is 0.303 e. The van der Waals surface area contributed by atoms with Gasteiger partial charge in [-0.1, -0.05) is 34.1 Å². The van der Waals surface area contributed by atoms with Crippen LogP contribution in [0.2, 0.25) is 0 Å². The molecule has 2 atom stereocenters. The van der Waals surface area contributed by atoms with E-state index < -0.39 is 0 Å². The summed E-state index contributed by atoms with van der Waals surface area (Å²) in [6.45, 7) is 9.97. The van der Waals surface area contributed by atoms with Crippen molar-refractivity contribution in [3.63, 3.8) is 0 Å². The summed E-state index contributed by atoms with van der Waals surface area (Å²) in [6.07, 6.45) is 4.16. The van der Waals surface area contributed by atoms with Gasteiger partial charge in [-0.2, -0.15) is 0 Å². The third-order valence-electron chi connectivity index (χ3n) is 2.88. The van der Waals surface area contributed by atoms with E-state index in [1.165, 1.54) is 25.8 Å². The lowest BCUT2D eigenvalue weighted by molar-refractivity contribution is 0.234. The van der Waals surface area contributed by atoms with Crippen LogP contribution in [0.4, 0.5) is 0 Å². The summed E-state index contributed by atoms with van der Waals surface area (Å²) in [5, 5.41) is 0. The van der Waals surface area contributed by atoms with Crippen LogP contribution < -0.4 is 0 Å². The quantitative estimate of drug-likeness (QED) is 0.617. The van der Waals surface area contributed by atoms with Crippen LogP contribution in [0.1, 0.15) is 47.0 Å². The molecule has 0 bridgehead atoms. The van der Waals surface area contributed by atoms with Gasteiger partial charge in [0.1, 0.15) is 0 Å². The van der Waals surface area contributed by atoms with Gasteiger partial charge in [-0.3, -0.25) is 0 Å². The zero-order chi connectivity index (χ0) is 9.56. The molecule has 1 heteroatoms. The van der Waals surface area contributed by atoms with Crippen molar-refractivity contribution in [2.75, 3.05) is 13.6 Å². The molecule has 1 aliphatic heterocycles. The molecule has 0 aromatic rings. The van der Waals surface area contributed by atoms with E-state index in [9.17, 15) is 0 Å². The van der Waals surface area contributed by atoms with Gasteiger partial charge in [0, 0.05) is 6.04 Å². The molecular weight excluding hydrogens is 146 g/mol. The Morgan fingerprint density at radius 3 is 2.33 bits per heavy atom. The van der Waals surface area contributed by atoms with Gasteiger partial charge < -0.3 is 4.90 Å².